The second-order valence-electron chi connectivity index (χ2n) is 8.24. The first-order chi connectivity index (χ1) is 12.5. The third-order valence-electron chi connectivity index (χ3n) is 5.16. The third-order valence-corrected chi connectivity index (χ3v) is 7.19. The number of unbranched alkanes of at least 4 members (excludes halogenated alkanes) is 2. The Balaban J connectivity index is 1.49. The Bertz CT molecular complexity index is 839. The van der Waals surface area contributed by atoms with E-state index in [1.165, 1.54) is 21.5 Å². The van der Waals surface area contributed by atoms with Gasteiger partial charge in [0.2, 0.25) is 0 Å². The summed E-state index contributed by atoms with van der Waals surface area (Å²) in [6.07, 6.45) is 8.44. The molecule has 0 saturated heterocycles. The maximum Gasteiger partial charge on any atom is 0.0959 e. The molecule has 2 aromatic carbocycles. The van der Waals surface area contributed by atoms with Crippen LogP contribution in [0.25, 0.3) is 10.8 Å². The lowest BCUT2D eigenvalue weighted by atomic mass is 9.98. The van der Waals surface area contributed by atoms with Gasteiger partial charge in [-0.15, -0.1) is 0 Å². The van der Waals surface area contributed by atoms with Crippen molar-refractivity contribution < 1.29 is 9.52 Å². The molecule has 0 amide bonds. The molecule has 0 fully saturated rings. The molecule has 1 aromatic heterocycles. The van der Waals surface area contributed by atoms with Crippen molar-refractivity contribution in [2.45, 2.75) is 57.8 Å². The topological polar surface area (TPSA) is 33.4 Å². The van der Waals surface area contributed by atoms with Crippen molar-refractivity contribution in [3.05, 3.63) is 66.1 Å². The zero-order chi connectivity index (χ0) is 18.6. The first-order valence-electron chi connectivity index (χ1n) is 9.68. The van der Waals surface area contributed by atoms with Crippen molar-refractivity contribution in [1.29, 1.82) is 0 Å². The maximum absolute atomic E-state index is 10.6. The van der Waals surface area contributed by atoms with E-state index in [1.54, 1.807) is 6.26 Å². The summed E-state index contributed by atoms with van der Waals surface area (Å²) in [5.41, 5.74) is 2.44. The minimum absolute atomic E-state index is 0.395. The molecule has 138 valence electrons. The second-order valence-corrected chi connectivity index (χ2v) is 13.3. The van der Waals surface area contributed by atoms with Crippen LogP contribution >= 0.6 is 0 Å². The molecule has 3 heteroatoms. The van der Waals surface area contributed by atoms with E-state index in [0.717, 1.165) is 37.7 Å². The molecule has 0 radical (unpaired) electrons. The van der Waals surface area contributed by atoms with Gasteiger partial charge in [-0.3, -0.25) is 0 Å². The van der Waals surface area contributed by atoms with E-state index >= 15 is 0 Å². The highest BCUT2D eigenvalue weighted by Crippen LogP contribution is 2.23. The van der Waals surface area contributed by atoms with Gasteiger partial charge in [0.05, 0.1) is 26.7 Å². The smallest absolute Gasteiger partial charge is 0.0959 e. The predicted molar refractivity (Wildman–Crippen MR) is 113 cm³/mol. The highest BCUT2D eigenvalue weighted by Gasteiger charge is 2.25. The van der Waals surface area contributed by atoms with Crippen LogP contribution in [0.15, 0.2) is 59.4 Å². The monoisotopic (exact) mass is 366 g/mol. The van der Waals surface area contributed by atoms with Crippen molar-refractivity contribution in [1.82, 2.24) is 0 Å². The van der Waals surface area contributed by atoms with E-state index in [2.05, 4.69) is 62.1 Å². The van der Waals surface area contributed by atoms with Crippen LogP contribution in [0, 0.1) is 0 Å². The molecular formula is C23H30O2Si. The van der Waals surface area contributed by atoms with E-state index < -0.39 is 14.2 Å². The van der Waals surface area contributed by atoms with Gasteiger partial charge < -0.3 is 9.52 Å². The number of furan rings is 1. The number of aryl methyl sites for hydroxylation is 1. The highest BCUT2D eigenvalue weighted by atomic mass is 28.3. The van der Waals surface area contributed by atoms with Gasteiger partial charge in [-0.05, 0) is 40.8 Å². The van der Waals surface area contributed by atoms with Crippen LogP contribution in [-0.4, -0.2) is 13.2 Å². The van der Waals surface area contributed by atoms with Gasteiger partial charge in [0.1, 0.15) is 0 Å². The third kappa shape index (κ3) is 4.46. The quantitative estimate of drug-likeness (QED) is 0.403. The van der Waals surface area contributed by atoms with Crippen molar-refractivity contribution >= 4 is 24.0 Å². The normalized spacial score (nSPS) is 13.2. The van der Waals surface area contributed by atoms with Gasteiger partial charge in [-0.2, -0.15) is 0 Å². The first-order valence-corrected chi connectivity index (χ1v) is 13.2. The Kier molecular flexibility index (Phi) is 6.00. The van der Waals surface area contributed by atoms with Crippen molar-refractivity contribution in [2.75, 3.05) is 0 Å². The summed E-state index contributed by atoms with van der Waals surface area (Å²) in [6, 6.07) is 15.2. The average molecular weight is 367 g/mol. The molecule has 1 heterocycles. The number of aliphatic hydroxyl groups is 1. The summed E-state index contributed by atoms with van der Waals surface area (Å²) in [5.74, 6) is 0. The Morgan fingerprint density at radius 1 is 0.923 bits per heavy atom. The molecule has 1 unspecified atom stereocenters. The van der Waals surface area contributed by atoms with E-state index in [0.29, 0.717) is 0 Å². The average Bonchev–Trinajstić information content (AvgIpc) is 3.12. The molecule has 2 nitrogen and oxygen atoms in total. The molecule has 0 bridgehead atoms. The lowest BCUT2D eigenvalue weighted by molar-refractivity contribution is 0.163. The lowest BCUT2D eigenvalue weighted by Crippen LogP contribution is -2.39. The molecule has 0 saturated carbocycles. The van der Waals surface area contributed by atoms with Crippen molar-refractivity contribution in [3.8, 4) is 0 Å². The number of benzene rings is 2. The molecule has 0 aliphatic heterocycles. The largest absolute Gasteiger partial charge is 0.472 e. The SMILES string of the molecule is C[Si](C)(C)c1cocc1C(O)CCCCCc1cccc2ccccc12. The van der Waals surface area contributed by atoms with Crippen LogP contribution in [0.2, 0.25) is 19.6 Å². The Morgan fingerprint density at radius 3 is 2.50 bits per heavy atom. The van der Waals surface area contributed by atoms with Gasteiger partial charge in [0, 0.05) is 5.56 Å². The molecule has 3 aromatic rings. The van der Waals surface area contributed by atoms with Crippen LogP contribution in [0.5, 0.6) is 0 Å². The fraction of sp³-hybridized carbons (Fsp3) is 0.391. The summed E-state index contributed by atoms with van der Waals surface area (Å²) in [4.78, 5) is 0. The Labute approximate surface area is 157 Å². The summed E-state index contributed by atoms with van der Waals surface area (Å²) < 4.78 is 5.39. The maximum atomic E-state index is 10.6. The first kappa shape index (κ1) is 18.9. The Hall–Kier alpha value is -1.84. The summed E-state index contributed by atoms with van der Waals surface area (Å²) >= 11 is 0. The van der Waals surface area contributed by atoms with Crippen LogP contribution in [-0.2, 0) is 6.42 Å². The summed E-state index contributed by atoms with van der Waals surface area (Å²) in [6.45, 7) is 6.87. The van der Waals surface area contributed by atoms with Crippen LogP contribution in [0.3, 0.4) is 0 Å². The minimum Gasteiger partial charge on any atom is -0.472 e. The zero-order valence-electron chi connectivity index (χ0n) is 16.2. The van der Waals surface area contributed by atoms with Gasteiger partial charge in [0.15, 0.2) is 0 Å². The van der Waals surface area contributed by atoms with Crippen LogP contribution in [0.4, 0.5) is 0 Å². The molecule has 1 N–H and O–H groups in total. The number of hydrogen-bond donors (Lipinski definition) is 1. The fourth-order valence-corrected chi connectivity index (χ4v) is 5.18. The molecule has 0 aliphatic rings. The molecular weight excluding hydrogens is 336 g/mol. The zero-order valence-corrected chi connectivity index (χ0v) is 17.2. The molecule has 1 atom stereocenters. The standard InChI is InChI=1S/C23H30O2Si/c1-26(2,3)23-17-25-16-21(23)22(24)15-6-4-5-10-18-12-9-13-19-11-7-8-14-20(18)19/h7-9,11-14,16-17,22,24H,4-6,10,15H2,1-3H3. The van der Waals surface area contributed by atoms with Gasteiger partial charge >= 0.3 is 0 Å². The van der Waals surface area contributed by atoms with Gasteiger partial charge in [-0.1, -0.05) is 74.9 Å². The number of aliphatic hydroxyl groups excluding tert-OH is 1. The molecule has 3 rings (SSSR count). The number of fused-ring (bicyclic) bond motifs is 1. The fourth-order valence-electron chi connectivity index (χ4n) is 3.67. The van der Waals surface area contributed by atoms with E-state index in [9.17, 15) is 5.11 Å². The lowest BCUT2D eigenvalue weighted by Gasteiger charge is -2.19. The number of rotatable bonds is 8. The van der Waals surface area contributed by atoms with Crippen LogP contribution < -0.4 is 5.19 Å². The van der Waals surface area contributed by atoms with E-state index in [4.69, 9.17) is 4.42 Å². The van der Waals surface area contributed by atoms with Crippen molar-refractivity contribution in [3.63, 3.8) is 0 Å². The van der Waals surface area contributed by atoms with E-state index in [1.807, 2.05) is 6.26 Å². The second kappa shape index (κ2) is 8.23. The minimum atomic E-state index is -1.47. The summed E-state index contributed by atoms with van der Waals surface area (Å²) in [7, 11) is -1.47. The Morgan fingerprint density at radius 2 is 1.69 bits per heavy atom. The van der Waals surface area contributed by atoms with Gasteiger partial charge in [-0.25, -0.2) is 0 Å². The predicted octanol–water partition coefficient (Wildman–Crippen LogP) is 5.81. The number of hydrogen-bond acceptors (Lipinski definition) is 2. The molecule has 26 heavy (non-hydrogen) atoms. The van der Waals surface area contributed by atoms with Gasteiger partial charge in [0.25, 0.3) is 0 Å². The van der Waals surface area contributed by atoms with Crippen LogP contribution in [0.1, 0.15) is 42.9 Å². The molecule has 0 aliphatic carbocycles. The van der Waals surface area contributed by atoms with E-state index in [-0.39, 0.29) is 0 Å². The molecule has 0 spiro atoms. The highest BCUT2D eigenvalue weighted by molar-refractivity contribution is 6.89. The summed E-state index contributed by atoms with van der Waals surface area (Å²) in [5, 5.41) is 14.5. The van der Waals surface area contributed by atoms with Crippen molar-refractivity contribution in [2.24, 2.45) is 0 Å².